The quantitative estimate of drug-likeness (QED) is 0.916. The van der Waals surface area contributed by atoms with Gasteiger partial charge in [0.1, 0.15) is 5.75 Å². The van der Waals surface area contributed by atoms with Crippen LogP contribution in [0.4, 0.5) is 19.1 Å². The van der Waals surface area contributed by atoms with Gasteiger partial charge in [-0.25, -0.2) is 4.98 Å². The summed E-state index contributed by atoms with van der Waals surface area (Å²) in [7, 11) is 0. The number of nitrogens with zero attached hydrogens (tertiary/aromatic N) is 2. The van der Waals surface area contributed by atoms with Crippen molar-refractivity contribution in [2.24, 2.45) is 0 Å². The van der Waals surface area contributed by atoms with E-state index in [1.54, 1.807) is 19.1 Å². The zero-order valence-electron chi connectivity index (χ0n) is 10.8. The number of nitrogen functional groups attached to an aromatic ring is 1. The predicted octanol–water partition coefficient (Wildman–Crippen LogP) is 3.49. The molecule has 0 saturated heterocycles. The van der Waals surface area contributed by atoms with E-state index in [-0.39, 0.29) is 5.88 Å². The van der Waals surface area contributed by atoms with Crippen molar-refractivity contribution in [3.8, 4) is 11.6 Å². The average molecular weight is 283 g/mol. The summed E-state index contributed by atoms with van der Waals surface area (Å²) in [6.07, 6.45) is -4.60. The van der Waals surface area contributed by atoms with Crippen LogP contribution in [0.1, 0.15) is 16.8 Å². The summed E-state index contributed by atoms with van der Waals surface area (Å²) in [5.74, 6) is -0.296. The molecule has 0 aliphatic heterocycles. The SMILES string of the molecule is Cc1cccc(Oc2cc(C(F)(F)F)nc(N)n2)c1C. The fourth-order valence-electron chi connectivity index (χ4n) is 1.59. The van der Waals surface area contributed by atoms with E-state index in [4.69, 9.17) is 10.5 Å². The Morgan fingerprint density at radius 3 is 2.50 bits per heavy atom. The second kappa shape index (κ2) is 4.99. The highest BCUT2D eigenvalue weighted by Gasteiger charge is 2.33. The molecule has 1 heterocycles. The maximum Gasteiger partial charge on any atom is 0.433 e. The molecule has 2 N–H and O–H groups in total. The lowest BCUT2D eigenvalue weighted by Crippen LogP contribution is -2.11. The van der Waals surface area contributed by atoms with Crippen LogP contribution < -0.4 is 10.5 Å². The van der Waals surface area contributed by atoms with Gasteiger partial charge in [0.2, 0.25) is 11.8 Å². The van der Waals surface area contributed by atoms with Gasteiger partial charge in [-0.05, 0) is 31.0 Å². The molecule has 2 rings (SSSR count). The van der Waals surface area contributed by atoms with Crippen molar-refractivity contribution in [1.29, 1.82) is 0 Å². The number of ether oxygens (including phenoxy) is 1. The maximum absolute atomic E-state index is 12.6. The Bertz CT molecular complexity index is 641. The lowest BCUT2D eigenvalue weighted by Gasteiger charge is -2.12. The molecule has 1 aromatic heterocycles. The number of aryl methyl sites for hydroxylation is 1. The monoisotopic (exact) mass is 283 g/mol. The molecule has 0 amide bonds. The number of halogens is 3. The van der Waals surface area contributed by atoms with Crippen molar-refractivity contribution < 1.29 is 17.9 Å². The third kappa shape index (κ3) is 2.98. The number of hydrogen-bond donors (Lipinski definition) is 1. The number of rotatable bonds is 2. The van der Waals surface area contributed by atoms with Gasteiger partial charge in [0.05, 0.1) is 0 Å². The number of benzene rings is 1. The number of alkyl halides is 3. The predicted molar refractivity (Wildman–Crippen MR) is 67.4 cm³/mol. The normalized spacial score (nSPS) is 11.4. The lowest BCUT2D eigenvalue weighted by molar-refractivity contribution is -0.141. The van der Waals surface area contributed by atoms with Crippen LogP contribution in [0, 0.1) is 13.8 Å². The molecule has 20 heavy (non-hydrogen) atoms. The van der Waals surface area contributed by atoms with E-state index in [0.29, 0.717) is 5.75 Å². The molecular formula is C13H12F3N3O. The summed E-state index contributed by atoms with van der Waals surface area (Å²) in [5.41, 5.74) is 5.92. The van der Waals surface area contributed by atoms with E-state index in [9.17, 15) is 13.2 Å². The van der Waals surface area contributed by atoms with Gasteiger partial charge in [0, 0.05) is 6.07 Å². The van der Waals surface area contributed by atoms with Crippen LogP contribution in [0.3, 0.4) is 0 Å². The van der Waals surface area contributed by atoms with Gasteiger partial charge in [-0.2, -0.15) is 18.2 Å². The first-order valence-electron chi connectivity index (χ1n) is 5.73. The first-order valence-corrected chi connectivity index (χ1v) is 5.73. The molecule has 0 fully saturated rings. The highest BCUT2D eigenvalue weighted by molar-refractivity contribution is 5.41. The summed E-state index contributed by atoms with van der Waals surface area (Å²) in [4.78, 5) is 6.81. The average Bonchev–Trinajstić information content (AvgIpc) is 2.33. The van der Waals surface area contributed by atoms with Gasteiger partial charge in [-0.3, -0.25) is 0 Å². The van der Waals surface area contributed by atoms with Crippen LogP contribution in [0.15, 0.2) is 24.3 Å². The van der Waals surface area contributed by atoms with E-state index >= 15 is 0 Å². The van der Waals surface area contributed by atoms with Crippen molar-refractivity contribution in [3.63, 3.8) is 0 Å². The van der Waals surface area contributed by atoms with Gasteiger partial charge in [-0.15, -0.1) is 0 Å². The molecule has 0 aliphatic rings. The number of hydrogen-bond acceptors (Lipinski definition) is 4. The van der Waals surface area contributed by atoms with E-state index in [0.717, 1.165) is 17.2 Å². The zero-order chi connectivity index (χ0) is 14.9. The third-order valence-electron chi connectivity index (χ3n) is 2.78. The van der Waals surface area contributed by atoms with Crippen molar-refractivity contribution in [3.05, 3.63) is 41.1 Å². The van der Waals surface area contributed by atoms with Crippen molar-refractivity contribution in [2.75, 3.05) is 5.73 Å². The molecular weight excluding hydrogens is 271 g/mol. The van der Waals surface area contributed by atoms with Crippen LogP contribution >= 0.6 is 0 Å². The first kappa shape index (κ1) is 14.1. The summed E-state index contributed by atoms with van der Waals surface area (Å²) < 4.78 is 43.3. The molecule has 0 atom stereocenters. The smallest absolute Gasteiger partial charge is 0.433 e. The Balaban J connectivity index is 2.39. The van der Waals surface area contributed by atoms with Crippen LogP contribution in [0.25, 0.3) is 0 Å². The highest BCUT2D eigenvalue weighted by atomic mass is 19.4. The van der Waals surface area contributed by atoms with E-state index in [2.05, 4.69) is 9.97 Å². The molecule has 7 heteroatoms. The highest BCUT2D eigenvalue weighted by Crippen LogP contribution is 2.32. The van der Waals surface area contributed by atoms with Crippen molar-refractivity contribution in [2.45, 2.75) is 20.0 Å². The minimum Gasteiger partial charge on any atom is -0.439 e. The maximum atomic E-state index is 12.6. The molecule has 0 saturated carbocycles. The lowest BCUT2D eigenvalue weighted by atomic mass is 10.1. The molecule has 2 aromatic rings. The van der Waals surface area contributed by atoms with Gasteiger partial charge >= 0.3 is 6.18 Å². The molecule has 0 radical (unpaired) electrons. The summed E-state index contributed by atoms with van der Waals surface area (Å²) in [6, 6.07) is 5.98. The Kier molecular flexibility index (Phi) is 3.52. The number of anilines is 1. The van der Waals surface area contributed by atoms with Crippen LogP contribution in [0.2, 0.25) is 0 Å². The number of nitrogens with two attached hydrogens (primary N) is 1. The Morgan fingerprint density at radius 1 is 1.15 bits per heavy atom. The van der Waals surface area contributed by atoms with Crippen LogP contribution in [0.5, 0.6) is 11.6 Å². The minimum absolute atomic E-state index is 0.237. The summed E-state index contributed by atoms with van der Waals surface area (Å²) in [5, 5.41) is 0. The van der Waals surface area contributed by atoms with E-state index < -0.39 is 17.8 Å². The van der Waals surface area contributed by atoms with Crippen LogP contribution in [-0.2, 0) is 6.18 Å². The Morgan fingerprint density at radius 2 is 1.85 bits per heavy atom. The standard InChI is InChI=1S/C13H12F3N3O/c1-7-4-3-5-9(8(7)2)20-11-6-10(13(14,15)16)18-12(17)19-11/h3-6H,1-2H3,(H2,17,18,19). The summed E-state index contributed by atoms with van der Waals surface area (Å²) in [6.45, 7) is 3.68. The van der Waals surface area contributed by atoms with Crippen LogP contribution in [-0.4, -0.2) is 9.97 Å². The van der Waals surface area contributed by atoms with Crippen molar-refractivity contribution >= 4 is 5.95 Å². The van der Waals surface area contributed by atoms with Crippen molar-refractivity contribution in [1.82, 2.24) is 9.97 Å². The second-order valence-electron chi connectivity index (χ2n) is 4.25. The zero-order valence-corrected chi connectivity index (χ0v) is 10.8. The molecule has 0 aliphatic carbocycles. The second-order valence-corrected chi connectivity index (χ2v) is 4.25. The molecule has 106 valence electrons. The fourth-order valence-corrected chi connectivity index (χ4v) is 1.59. The molecule has 4 nitrogen and oxygen atoms in total. The van der Waals surface area contributed by atoms with E-state index in [1.807, 2.05) is 13.0 Å². The molecule has 1 aromatic carbocycles. The minimum atomic E-state index is -4.60. The third-order valence-corrected chi connectivity index (χ3v) is 2.78. The van der Waals surface area contributed by atoms with Gasteiger partial charge in [0.15, 0.2) is 5.69 Å². The molecule has 0 unspecified atom stereocenters. The summed E-state index contributed by atoms with van der Waals surface area (Å²) >= 11 is 0. The first-order chi connectivity index (χ1) is 9.27. The van der Waals surface area contributed by atoms with Gasteiger partial charge in [-0.1, -0.05) is 12.1 Å². The Labute approximate surface area is 113 Å². The van der Waals surface area contributed by atoms with Gasteiger partial charge < -0.3 is 10.5 Å². The van der Waals surface area contributed by atoms with Gasteiger partial charge in [0.25, 0.3) is 0 Å². The fraction of sp³-hybridized carbons (Fsp3) is 0.231. The topological polar surface area (TPSA) is 61.0 Å². The number of aromatic nitrogens is 2. The largest absolute Gasteiger partial charge is 0.439 e. The molecule has 0 spiro atoms. The molecule has 0 bridgehead atoms. The Hall–Kier alpha value is -2.31. The van der Waals surface area contributed by atoms with E-state index in [1.165, 1.54) is 0 Å².